The van der Waals surface area contributed by atoms with Gasteiger partial charge in [0.25, 0.3) is 5.91 Å². The molecule has 27 heavy (non-hydrogen) atoms. The van der Waals surface area contributed by atoms with E-state index < -0.39 is 17.9 Å². The molecule has 1 unspecified atom stereocenters. The van der Waals surface area contributed by atoms with E-state index in [1.807, 2.05) is 18.2 Å². The number of primary amides is 1. The van der Waals surface area contributed by atoms with Gasteiger partial charge in [-0.2, -0.15) is 0 Å². The van der Waals surface area contributed by atoms with Gasteiger partial charge < -0.3 is 26.3 Å². The van der Waals surface area contributed by atoms with Crippen molar-refractivity contribution in [1.82, 2.24) is 5.32 Å². The molecule has 7 nitrogen and oxygen atoms in total. The van der Waals surface area contributed by atoms with Gasteiger partial charge in [0.05, 0.1) is 19.3 Å². The average Bonchev–Trinajstić information content (AvgIpc) is 2.68. The Bertz CT molecular complexity index is 836. The molecule has 2 atom stereocenters. The van der Waals surface area contributed by atoms with Crippen LogP contribution in [0.4, 0.5) is 0 Å². The Kier molecular flexibility index (Phi) is 5.61. The predicted molar refractivity (Wildman–Crippen MR) is 101 cm³/mol. The molecule has 0 spiro atoms. The largest absolute Gasteiger partial charge is 0.497 e. The number of fused-ring (bicyclic) bond motifs is 1. The van der Waals surface area contributed by atoms with Crippen LogP contribution < -0.4 is 26.3 Å². The molecule has 0 fully saturated rings. The summed E-state index contributed by atoms with van der Waals surface area (Å²) >= 11 is 0. The zero-order valence-corrected chi connectivity index (χ0v) is 15.1. The van der Waals surface area contributed by atoms with E-state index in [-0.39, 0.29) is 12.5 Å². The van der Waals surface area contributed by atoms with E-state index in [2.05, 4.69) is 5.32 Å². The summed E-state index contributed by atoms with van der Waals surface area (Å²) in [4.78, 5) is 24.6. The minimum atomic E-state index is -0.848. The maximum atomic E-state index is 12.8. The lowest BCUT2D eigenvalue weighted by atomic mass is 9.97. The number of amides is 2. The highest BCUT2D eigenvalue weighted by atomic mass is 16.5. The van der Waals surface area contributed by atoms with Crippen LogP contribution in [0.2, 0.25) is 0 Å². The first-order valence-corrected chi connectivity index (χ1v) is 8.74. The Morgan fingerprint density at radius 1 is 1.26 bits per heavy atom. The zero-order valence-electron chi connectivity index (χ0n) is 15.1. The lowest BCUT2D eigenvalue weighted by molar-refractivity contribution is -0.119. The SMILES string of the molecule is COc1ccc(C[C@H](NC(=O)c2cccc3c2OCCC3N)C(N)=O)cc1. The molecule has 2 amide bonds. The van der Waals surface area contributed by atoms with E-state index in [1.165, 1.54) is 0 Å². The molecule has 0 saturated carbocycles. The van der Waals surface area contributed by atoms with E-state index >= 15 is 0 Å². The molecule has 3 rings (SSSR count). The molecule has 2 aromatic rings. The minimum Gasteiger partial charge on any atom is -0.497 e. The molecule has 1 heterocycles. The van der Waals surface area contributed by atoms with Crippen LogP contribution in [0.15, 0.2) is 42.5 Å². The zero-order chi connectivity index (χ0) is 19.4. The fourth-order valence-electron chi connectivity index (χ4n) is 3.09. The molecule has 0 radical (unpaired) electrons. The number of methoxy groups -OCH3 is 1. The molecular formula is C20H23N3O4. The van der Waals surface area contributed by atoms with Crippen LogP contribution in [-0.2, 0) is 11.2 Å². The van der Waals surface area contributed by atoms with Crippen LogP contribution >= 0.6 is 0 Å². The molecule has 1 aliphatic rings. The molecule has 1 aliphatic heterocycles. The highest BCUT2D eigenvalue weighted by Gasteiger charge is 2.26. The van der Waals surface area contributed by atoms with Crippen molar-refractivity contribution >= 4 is 11.8 Å². The van der Waals surface area contributed by atoms with Crippen molar-refractivity contribution in [2.75, 3.05) is 13.7 Å². The van der Waals surface area contributed by atoms with Gasteiger partial charge in [-0.05, 0) is 23.8 Å². The highest BCUT2D eigenvalue weighted by Crippen LogP contribution is 2.33. The smallest absolute Gasteiger partial charge is 0.255 e. The number of hydrogen-bond donors (Lipinski definition) is 3. The molecule has 2 aromatic carbocycles. The Labute approximate surface area is 157 Å². The van der Waals surface area contributed by atoms with Crippen LogP contribution in [0.3, 0.4) is 0 Å². The number of hydrogen-bond acceptors (Lipinski definition) is 5. The normalized spacial score (nSPS) is 16.6. The monoisotopic (exact) mass is 369 g/mol. The predicted octanol–water partition coefficient (Wildman–Crippen LogP) is 1.30. The summed E-state index contributed by atoms with van der Waals surface area (Å²) < 4.78 is 10.8. The summed E-state index contributed by atoms with van der Waals surface area (Å²) in [6, 6.07) is 11.5. The Balaban J connectivity index is 1.78. The van der Waals surface area contributed by atoms with Gasteiger partial charge in [-0.1, -0.05) is 24.3 Å². The van der Waals surface area contributed by atoms with Crippen molar-refractivity contribution in [3.05, 3.63) is 59.2 Å². The van der Waals surface area contributed by atoms with Gasteiger partial charge in [-0.25, -0.2) is 0 Å². The van der Waals surface area contributed by atoms with Gasteiger partial charge >= 0.3 is 0 Å². The molecule has 0 aromatic heterocycles. The van der Waals surface area contributed by atoms with Gasteiger partial charge in [0.15, 0.2) is 0 Å². The van der Waals surface area contributed by atoms with Crippen LogP contribution in [0.5, 0.6) is 11.5 Å². The average molecular weight is 369 g/mol. The van der Waals surface area contributed by atoms with Crippen molar-refractivity contribution < 1.29 is 19.1 Å². The summed E-state index contributed by atoms with van der Waals surface area (Å²) in [5, 5.41) is 2.71. The number of benzene rings is 2. The number of para-hydroxylation sites is 1. The summed E-state index contributed by atoms with van der Waals surface area (Å²) in [7, 11) is 1.58. The minimum absolute atomic E-state index is 0.173. The second-order valence-electron chi connectivity index (χ2n) is 6.45. The third-order valence-electron chi connectivity index (χ3n) is 4.61. The first kappa shape index (κ1) is 18.7. The molecule has 0 bridgehead atoms. The van der Waals surface area contributed by atoms with E-state index in [0.717, 1.165) is 11.1 Å². The Hall–Kier alpha value is -3.06. The van der Waals surface area contributed by atoms with Crippen LogP contribution in [0.1, 0.15) is 33.9 Å². The summed E-state index contributed by atoms with van der Waals surface area (Å²) in [6.07, 6.45) is 0.972. The fourth-order valence-corrected chi connectivity index (χ4v) is 3.09. The second kappa shape index (κ2) is 8.09. The van der Waals surface area contributed by atoms with Crippen molar-refractivity contribution in [2.45, 2.75) is 24.9 Å². The van der Waals surface area contributed by atoms with Crippen molar-refractivity contribution in [2.24, 2.45) is 11.5 Å². The molecule has 142 valence electrons. The summed E-state index contributed by atoms with van der Waals surface area (Å²) in [5.74, 6) is 0.157. The van der Waals surface area contributed by atoms with E-state index in [4.69, 9.17) is 20.9 Å². The molecule has 0 saturated heterocycles. The summed E-state index contributed by atoms with van der Waals surface area (Å²) in [5.41, 5.74) is 13.6. The lowest BCUT2D eigenvalue weighted by Gasteiger charge is -2.25. The Morgan fingerprint density at radius 3 is 2.67 bits per heavy atom. The van der Waals surface area contributed by atoms with Gasteiger partial charge in [0.2, 0.25) is 5.91 Å². The molecular weight excluding hydrogens is 346 g/mol. The lowest BCUT2D eigenvalue weighted by Crippen LogP contribution is -2.46. The van der Waals surface area contributed by atoms with Crippen LogP contribution in [0, 0.1) is 0 Å². The maximum absolute atomic E-state index is 12.8. The van der Waals surface area contributed by atoms with Crippen molar-refractivity contribution in [3.63, 3.8) is 0 Å². The van der Waals surface area contributed by atoms with E-state index in [1.54, 1.807) is 31.4 Å². The number of ether oxygens (including phenoxy) is 2. The van der Waals surface area contributed by atoms with Crippen LogP contribution in [0.25, 0.3) is 0 Å². The van der Waals surface area contributed by atoms with Crippen LogP contribution in [-0.4, -0.2) is 31.6 Å². The van der Waals surface area contributed by atoms with Gasteiger partial charge in [-0.3, -0.25) is 9.59 Å². The first-order chi connectivity index (χ1) is 13.0. The van der Waals surface area contributed by atoms with Gasteiger partial charge in [-0.15, -0.1) is 0 Å². The maximum Gasteiger partial charge on any atom is 0.255 e. The number of carbonyl (C=O) groups excluding carboxylic acids is 2. The van der Waals surface area contributed by atoms with E-state index in [0.29, 0.717) is 30.1 Å². The van der Waals surface area contributed by atoms with Crippen molar-refractivity contribution in [3.8, 4) is 11.5 Å². The molecule has 5 N–H and O–H groups in total. The molecule has 0 aliphatic carbocycles. The van der Waals surface area contributed by atoms with Gasteiger partial charge in [0.1, 0.15) is 17.5 Å². The highest BCUT2D eigenvalue weighted by molar-refractivity contribution is 6.00. The third kappa shape index (κ3) is 4.20. The van der Waals surface area contributed by atoms with E-state index in [9.17, 15) is 9.59 Å². The first-order valence-electron chi connectivity index (χ1n) is 8.74. The molecule has 7 heteroatoms. The van der Waals surface area contributed by atoms with Crippen molar-refractivity contribution in [1.29, 1.82) is 0 Å². The quantitative estimate of drug-likeness (QED) is 0.710. The Morgan fingerprint density at radius 2 is 2.00 bits per heavy atom. The summed E-state index contributed by atoms with van der Waals surface area (Å²) in [6.45, 7) is 0.448. The third-order valence-corrected chi connectivity index (χ3v) is 4.61. The fraction of sp³-hybridized carbons (Fsp3) is 0.300. The van der Waals surface area contributed by atoms with Gasteiger partial charge in [0, 0.05) is 24.4 Å². The second-order valence-corrected chi connectivity index (χ2v) is 6.45. The number of nitrogens with one attached hydrogen (secondary N) is 1. The number of nitrogens with two attached hydrogens (primary N) is 2. The number of rotatable bonds is 6. The standard InChI is InChI=1S/C20H23N3O4/c1-26-13-7-5-12(6-8-13)11-17(19(22)24)23-20(25)15-4-2-3-14-16(21)9-10-27-18(14)15/h2-8,16-17H,9-11,21H2,1H3,(H2,22,24)(H,23,25)/t16?,17-/m0/s1. The topological polar surface area (TPSA) is 117 Å². The number of carbonyl (C=O) groups is 2.